The van der Waals surface area contributed by atoms with Crippen molar-refractivity contribution in [1.29, 1.82) is 0 Å². The molecule has 16 nitrogen and oxygen atoms in total. The van der Waals surface area contributed by atoms with E-state index in [9.17, 15) is 59.8 Å². The molecule has 2 aliphatic heterocycles. The summed E-state index contributed by atoms with van der Waals surface area (Å²) in [4.78, 5) is 73.9. The van der Waals surface area contributed by atoms with Crippen LogP contribution in [0.4, 0.5) is 0 Å². The number of imide groups is 2. The van der Waals surface area contributed by atoms with Gasteiger partial charge in [-0.25, -0.2) is 14.6 Å². The van der Waals surface area contributed by atoms with Crippen molar-refractivity contribution in [2.24, 2.45) is 0 Å². The monoisotopic (exact) mass is 556 g/mol. The van der Waals surface area contributed by atoms with Crippen LogP contribution in [0.1, 0.15) is 57.8 Å². The molecule has 0 bridgehead atoms. The molecule has 0 aromatic rings. The van der Waals surface area contributed by atoms with Crippen molar-refractivity contribution >= 4 is 55.8 Å². The Bertz CT molecular complexity index is 1120. The van der Waals surface area contributed by atoms with Gasteiger partial charge in [-0.05, 0) is 12.8 Å². The van der Waals surface area contributed by atoms with E-state index < -0.39 is 91.2 Å². The smallest absolute Gasteiger partial charge is 0.351 e. The summed E-state index contributed by atoms with van der Waals surface area (Å²) in [5.41, 5.74) is -3.18. The topological polar surface area (TPSA) is 258 Å². The van der Waals surface area contributed by atoms with Crippen molar-refractivity contribution < 1.29 is 64.9 Å². The molecule has 0 unspecified atom stereocenters. The zero-order chi connectivity index (χ0) is 27.6. The van der Waals surface area contributed by atoms with E-state index in [0.29, 0.717) is 12.8 Å². The van der Waals surface area contributed by atoms with Crippen LogP contribution >= 0.6 is 0 Å². The molecule has 4 amide bonds. The van der Waals surface area contributed by atoms with E-state index in [2.05, 4.69) is 0 Å². The van der Waals surface area contributed by atoms with Crippen LogP contribution in [0, 0.1) is 0 Å². The van der Waals surface area contributed by atoms with Crippen LogP contribution in [0.3, 0.4) is 0 Å². The first-order chi connectivity index (χ1) is 16.5. The molecular formula is C18H24N2O14S2. The van der Waals surface area contributed by atoms with Crippen LogP contribution in [-0.4, -0.2) is 97.7 Å². The largest absolute Gasteiger partial charge is 0.481 e. The van der Waals surface area contributed by atoms with E-state index >= 15 is 0 Å². The van der Waals surface area contributed by atoms with Crippen LogP contribution in [-0.2, 0) is 49.0 Å². The van der Waals surface area contributed by atoms with Crippen molar-refractivity contribution in [3.8, 4) is 0 Å². The molecule has 2 aliphatic rings. The van der Waals surface area contributed by atoms with Crippen LogP contribution in [0.15, 0.2) is 0 Å². The number of carboxylic acids is 2. The highest BCUT2D eigenvalue weighted by Crippen LogP contribution is 2.38. The van der Waals surface area contributed by atoms with Crippen LogP contribution in [0.25, 0.3) is 0 Å². The predicted molar refractivity (Wildman–Crippen MR) is 114 cm³/mol. The summed E-state index contributed by atoms with van der Waals surface area (Å²) in [7, 11) is -10.4. The highest BCUT2D eigenvalue weighted by molar-refractivity contribution is 7.87. The van der Waals surface area contributed by atoms with Gasteiger partial charge in [0.15, 0.2) is 10.5 Å². The molecular weight excluding hydrogens is 532 g/mol. The second-order valence-corrected chi connectivity index (χ2v) is 11.5. The van der Waals surface area contributed by atoms with Gasteiger partial charge in [-0.15, -0.1) is 0 Å². The van der Waals surface area contributed by atoms with Crippen molar-refractivity contribution in [2.75, 3.05) is 0 Å². The maximum absolute atomic E-state index is 12.8. The van der Waals surface area contributed by atoms with E-state index in [1.165, 1.54) is 0 Å². The maximum Gasteiger partial charge on any atom is 0.351 e. The Morgan fingerprint density at radius 3 is 1.47 bits per heavy atom. The fourth-order valence-electron chi connectivity index (χ4n) is 4.25. The summed E-state index contributed by atoms with van der Waals surface area (Å²) in [6, 6.07) is 0. The van der Waals surface area contributed by atoms with Gasteiger partial charge in [0.05, 0.1) is 12.8 Å². The van der Waals surface area contributed by atoms with Gasteiger partial charge in [0.1, 0.15) is 0 Å². The molecule has 0 aliphatic carbocycles. The van der Waals surface area contributed by atoms with Crippen molar-refractivity contribution in [1.82, 2.24) is 9.80 Å². The molecule has 0 aromatic carbocycles. The van der Waals surface area contributed by atoms with Gasteiger partial charge in [0.25, 0.3) is 32.1 Å². The fourth-order valence-corrected chi connectivity index (χ4v) is 5.68. The van der Waals surface area contributed by atoms with Gasteiger partial charge in [-0.1, -0.05) is 19.3 Å². The molecule has 0 spiro atoms. The van der Waals surface area contributed by atoms with Gasteiger partial charge >= 0.3 is 11.9 Å². The lowest BCUT2D eigenvalue weighted by molar-refractivity contribution is -0.183. The Kier molecular flexibility index (Phi) is 8.60. The van der Waals surface area contributed by atoms with Gasteiger partial charge in [-0.2, -0.15) is 16.8 Å². The lowest BCUT2D eigenvalue weighted by Crippen LogP contribution is -2.69. The molecule has 2 rings (SSSR count). The Balaban J connectivity index is 2.50. The van der Waals surface area contributed by atoms with Gasteiger partial charge in [0.2, 0.25) is 17.5 Å². The summed E-state index contributed by atoms with van der Waals surface area (Å²) >= 11 is 0. The summed E-state index contributed by atoms with van der Waals surface area (Å²) in [5, 5.41) is 13.9. The third kappa shape index (κ3) is 5.71. The lowest BCUT2D eigenvalue weighted by Gasteiger charge is -2.42. The van der Waals surface area contributed by atoms with Crippen molar-refractivity contribution in [3.63, 3.8) is 0 Å². The molecule has 0 radical (unpaired) electrons. The Hall–Kier alpha value is -2.96. The molecule has 2 heterocycles. The third-order valence-corrected chi connectivity index (χ3v) is 8.10. The van der Waals surface area contributed by atoms with Gasteiger partial charge in [-0.3, -0.25) is 33.1 Å². The number of carboxylic acid groups (broad SMARTS) is 2. The molecule has 202 valence electrons. The third-order valence-electron chi connectivity index (χ3n) is 5.93. The molecule has 0 saturated carbocycles. The number of hydrogen-bond acceptors (Lipinski definition) is 10. The minimum atomic E-state index is -5.21. The van der Waals surface area contributed by atoms with E-state index in [1.54, 1.807) is 0 Å². The molecule has 0 aromatic heterocycles. The number of amides is 4. The number of hydrogen-bond donors (Lipinski definition) is 4. The molecule has 4 N–H and O–H groups in total. The van der Waals surface area contributed by atoms with Crippen LogP contribution in [0.5, 0.6) is 0 Å². The molecule has 2 atom stereocenters. The van der Waals surface area contributed by atoms with Crippen LogP contribution in [0.2, 0.25) is 0 Å². The molecule has 36 heavy (non-hydrogen) atoms. The van der Waals surface area contributed by atoms with E-state index in [0.717, 1.165) is 0 Å². The minimum absolute atomic E-state index is 0.124. The summed E-state index contributed by atoms with van der Waals surface area (Å²) < 4.78 is 64.9. The Labute approximate surface area is 204 Å². The number of carbonyl (C=O) groups excluding carboxylic acids is 4. The normalized spacial score (nSPS) is 21.5. The first kappa shape index (κ1) is 29.3. The summed E-state index contributed by atoms with van der Waals surface area (Å²) in [6.45, 7) is 0. The number of nitrogens with zero attached hydrogens (tertiary/aromatic N) is 2. The first-order valence-corrected chi connectivity index (χ1v) is 13.6. The van der Waals surface area contributed by atoms with E-state index in [4.69, 9.17) is 5.11 Å². The van der Waals surface area contributed by atoms with E-state index in [1.807, 2.05) is 0 Å². The number of unbranched alkanes of at least 4 members (excludes halogenated alkanes) is 4. The summed E-state index contributed by atoms with van der Waals surface area (Å²) in [6.07, 6.45) is -2.35. The SMILES string of the molecule is O=C(O)CCCCCCCC(C(=O)O)(N1C(=O)C[C@@H](S(=O)(=O)O)C1=O)N1C(=O)C[C@@H](S(=O)(=O)O)C1=O. The first-order valence-electron chi connectivity index (χ1n) is 10.6. The van der Waals surface area contributed by atoms with Gasteiger partial charge < -0.3 is 10.2 Å². The number of aliphatic carboxylic acids is 2. The maximum atomic E-state index is 12.8. The molecule has 2 saturated heterocycles. The lowest BCUT2D eigenvalue weighted by atomic mass is 9.96. The molecule has 2 fully saturated rings. The van der Waals surface area contributed by atoms with E-state index in [-0.39, 0.29) is 35.5 Å². The Morgan fingerprint density at radius 1 is 0.750 bits per heavy atom. The number of rotatable bonds is 13. The fraction of sp³-hybridized carbons (Fsp3) is 0.667. The molecule has 18 heteroatoms. The summed E-state index contributed by atoms with van der Waals surface area (Å²) in [5.74, 6) is -9.54. The average molecular weight is 557 g/mol. The second-order valence-electron chi connectivity index (χ2n) is 8.33. The Morgan fingerprint density at radius 2 is 1.14 bits per heavy atom. The highest BCUT2D eigenvalue weighted by Gasteiger charge is 2.66. The number of likely N-dealkylation sites (tertiary alicyclic amines) is 2. The standard InChI is InChI=1S/C18H24N2O14S2/c21-12-8-10(35(29,30)31)15(25)19(12)18(17(27)28,7-5-3-1-2-4-6-14(23)24)20-13(22)9-11(16(20)26)36(32,33)34/h10-11H,1-9H2,(H,23,24)(H,27,28)(H,29,30,31)(H,32,33,34)/t10-,11-/m1/s1. The second kappa shape index (κ2) is 10.6. The highest BCUT2D eigenvalue weighted by atomic mass is 32.2. The quantitative estimate of drug-likeness (QED) is 0.116. The number of carbonyl (C=O) groups is 6. The zero-order valence-corrected chi connectivity index (χ0v) is 20.2. The zero-order valence-electron chi connectivity index (χ0n) is 18.6. The van der Waals surface area contributed by atoms with Crippen LogP contribution < -0.4 is 0 Å². The van der Waals surface area contributed by atoms with Gasteiger partial charge in [0, 0.05) is 12.8 Å². The predicted octanol–water partition coefficient (Wildman–Crippen LogP) is -1.39. The van der Waals surface area contributed by atoms with Crippen molar-refractivity contribution in [3.05, 3.63) is 0 Å². The average Bonchev–Trinajstić information content (AvgIpc) is 3.20. The van der Waals surface area contributed by atoms with Crippen molar-refractivity contribution in [2.45, 2.75) is 74.0 Å². The minimum Gasteiger partial charge on any atom is -0.481 e.